The van der Waals surface area contributed by atoms with Crippen molar-refractivity contribution in [2.75, 3.05) is 7.05 Å². The minimum absolute atomic E-state index is 0.759. The highest BCUT2D eigenvalue weighted by atomic mass is 32.1. The van der Waals surface area contributed by atoms with Gasteiger partial charge in [-0.3, -0.25) is 4.99 Å². The van der Waals surface area contributed by atoms with Gasteiger partial charge in [0.15, 0.2) is 5.96 Å². The minimum atomic E-state index is 0.759. The fourth-order valence-electron chi connectivity index (χ4n) is 1.63. The minimum Gasteiger partial charge on any atom is -0.352 e. The number of aliphatic imine (C=N–C) groups is 1. The molecule has 2 heterocycles. The molecule has 19 heavy (non-hydrogen) atoms. The fourth-order valence-corrected chi connectivity index (χ4v) is 3.21. The van der Waals surface area contributed by atoms with E-state index >= 15 is 0 Å². The molecule has 6 heteroatoms. The zero-order chi connectivity index (χ0) is 13.7. The number of rotatable bonds is 4. The highest BCUT2D eigenvalue weighted by molar-refractivity contribution is 7.11. The van der Waals surface area contributed by atoms with E-state index in [9.17, 15) is 0 Å². The van der Waals surface area contributed by atoms with Gasteiger partial charge in [-0.2, -0.15) is 0 Å². The molecule has 0 saturated heterocycles. The average Bonchev–Trinajstić information content (AvgIpc) is 2.99. The Bertz CT molecular complexity index is 556. The molecule has 4 nitrogen and oxygen atoms in total. The molecule has 0 atom stereocenters. The van der Waals surface area contributed by atoms with Crippen LogP contribution in [0.15, 0.2) is 22.6 Å². The van der Waals surface area contributed by atoms with Crippen LogP contribution < -0.4 is 10.6 Å². The van der Waals surface area contributed by atoms with E-state index in [4.69, 9.17) is 0 Å². The second kappa shape index (κ2) is 6.68. The first-order valence-corrected chi connectivity index (χ1v) is 7.77. The number of thiophene rings is 1. The molecule has 0 unspecified atom stereocenters. The van der Waals surface area contributed by atoms with Crippen LogP contribution in [0, 0.1) is 13.8 Å². The molecule has 0 radical (unpaired) electrons. The zero-order valence-corrected chi connectivity index (χ0v) is 13.0. The van der Waals surface area contributed by atoms with Crippen LogP contribution in [-0.4, -0.2) is 18.0 Å². The average molecular weight is 294 g/mol. The molecule has 0 aliphatic carbocycles. The Balaban J connectivity index is 1.82. The van der Waals surface area contributed by atoms with Crippen LogP contribution in [0.2, 0.25) is 0 Å². The summed E-state index contributed by atoms with van der Waals surface area (Å²) in [5.74, 6) is 0.818. The first-order chi connectivity index (χ1) is 9.19. The lowest BCUT2D eigenvalue weighted by Crippen LogP contribution is -2.36. The molecule has 102 valence electrons. The molecule has 0 spiro atoms. The predicted octanol–water partition coefficient (Wildman–Crippen LogP) is 2.69. The normalized spacial score (nSPS) is 11.6. The van der Waals surface area contributed by atoms with Crippen molar-refractivity contribution < 1.29 is 0 Å². The van der Waals surface area contributed by atoms with Crippen molar-refractivity contribution in [2.24, 2.45) is 4.99 Å². The van der Waals surface area contributed by atoms with Gasteiger partial charge in [-0.05, 0) is 30.9 Å². The lowest BCUT2D eigenvalue weighted by atomic mass is 10.3. The van der Waals surface area contributed by atoms with E-state index in [0.717, 1.165) is 24.1 Å². The second-order valence-electron chi connectivity index (χ2n) is 4.15. The van der Waals surface area contributed by atoms with Crippen LogP contribution in [0.4, 0.5) is 0 Å². The van der Waals surface area contributed by atoms with Crippen molar-refractivity contribution in [2.45, 2.75) is 26.9 Å². The summed E-state index contributed by atoms with van der Waals surface area (Å²) in [7, 11) is 1.79. The quantitative estimate of drug-likeness (QED) is 0.673. The highest BCUT2D eigenvalue weighted by Crippen LogP contribution is 2.14. The van der Waals surface area contributed by atoms with Gasteiger partial charge in [0.2, 0.25) is 0 Å². The van der Waals surface area contributed by atoms with E-state index in [0.29, 0.717) is 0 Å². The van der Waals surface area contributed by atoms with Crippen molar-refractivity contribution in [1.82, 2.24) is 15.6 Å². The summed E-state index contributed by atoms with van der Waals surface area (Å²) in [6.07, 6.45) is 1.91. The van der Waals surface area contributed by atoms with Gasteiger partial charge in [-0.25, -0.2) is 4.98 Å². The van der Waals surface area contributed by atoms with Crippen LogP contribution in [0.1, 0.15) is 20.3 Å². The number of guanidine groups is 1. The van der Waals surface area contributed by atoms with Gasteiger partial charge < -0.3 is 10.6 Å². The first kappa shape index (κ1) is 14.0. The molecule has 0 amide bonds. The van der Waals surface area contributed by atoms with E-state index in [1.165, 1.54) is 15.3 Å². The van der Waals surface area contributed by atoms with E-state index in [1.54, 1.807) is 29.7 Å². The first-order valence-electron chi connectivity index (χ1n) is 6.08. The Hall–Kier alpha value is -1.40. The maximum atomic E-state index is 4.24. The Morgan fingerprint density at radius 3 is 2.68 bits per heavy atom. The molecule has 0 bridgehead atoms. The standard InChI is InChI=1S/C13H18N4S2/c1-9-4-5-18-12(9)8-17-13(14-3)16-7-11-6-15-10(2)19-11/h4-6H,7-8H2,1-3H3,(H2,14,16,17). The Kier molecular flexibility index (Phi) is 4.93. The fraction of sp³-hybridized carbons (Fsp3) is 0.385. The van der Waals surface area contributed by atoms with Crippen molar-refractivity contribution in [3.8, 4) is 0 Å². The molecule has 0 aliphatic rings. The molecule has 0 aliphatic heterocycles. The summed E-state index contributed by atoms with van der Waals surface area (Å²) < 4.78 is 0. The lowest BCUT2D eigenvalue weighted by Gasteiger charge is -2.10. The van der Waals surface area contributed by atoms with E-state index in [-0.39, 0.29) is 0 Å². The van der Waals surface area contributed by atoms with Crippen molar-refractivity contribution in [3.05, 3.63) is 38.0 Å². The van der Waals surface area contributed by atoms with E-state index in [1.807, 2.05) is 13.1 Å². The topological polar surface area (TPSA) is 49.3 Å². The number of hydrogen-bond acceptors (Lipinski definition) is 4. The third-order valence-corrected chi connectivity index (χ3v) is 4.64. The maximum Gasteiger partial charge on any atom is 0.191 e. The number of thiazole rings is 1. The molecule has 2 rings (SSSR count). The summed E-state index contributed by atoms with van der Waals surface area (Å²) in [6, 6.07) is 2.14. The number of aromatic nitrogens is 1. The van der Waals surface area contributed by atoms with Crippen LogP contribution in [0.3, 0.4) is 0 Å². The lowest BCUT2D eigenvalue weighted by molar-refractivity contribution is 0.819. The van der Waals surface area contributed by atoms with Crippen molar-refractivity contribution in [1.29, 1.82) is 0 Å². The monoisotopic (exact) mass is 294 g/mol. The van der Waals surface area contributed by atoms with Gasteiger partial charge in [-0.15, -0.1) is 22.7 Å². The molecule has 0 aromatic carbocycles. The second-order valence-corrected chi connectivity index (χ2v) is 6.47. The van der Waals surface area contributed by atoms with Gasteiger partial charge in [0.1, 0.15) is 0 Å². The van der Waals surface area contributed by atoms with Gasteiger partial charge >= 0.3 is 0 Å². The number of nitrogens with one attached hydrogen (secondary N) is 2. The molecule has 0 fully saturated rings. The van der Waals surface area contributed by atoms with Crippen molar-refractivity contribution in [3.63, 3.8) is 0 Å². The van der Waals surface area contributed by atoms with Gasteiger partial charge in [0.05, 0.1) is 18.1 Å². The van der Waals surface area contributed by atoms with Gasteiger partial charge in [-0.1, -0.05) is 0 Å². The van der Waals surface area contributed by atoms with Crippen molar-refractivity contribution >= 4 is 28.6 Å². The van der Waals surface area contributed by atoms with Gasteiger partial charge in [0, 0.05) is 23.0 Å². The summed E-state index contributed by atoms with van der Waals surface area (Å²) >= 11 is 3.47. The Labute approximate surface area is 121 Å². The molecule has 2 aromatic heterocycles. The maximum absolute atomic E-state index is 4.24. The van der Waals surface area contributed by atoms with Gasteiger partial charge in [0.25, 0.3) is 0 Å². The molecule has 0 saturated carbocycles. The predicted molar refractivity (Wildman–Crippen MR) is 82.9 cm³/mol. The highest BCUT2D eigenvalue weighted by Gasteiger charge is 2.03. The van der Waals surface area contributed by atoms with E-state index < -0.39 is 0 Å². The van der Waals surface area contributed by atoms with E-state index in [2.05, 4.69) is 39.0 Å². The number of nitrogens with zero attached hydrogens (tertiary/aromatic N) is 2. The molecular weight excluding hydrogens is 276 g/mol. The molecule has 2 aromatic rings. The summed E-state index contributed by atoms with van der Waals surface area (Å²) in [5.41, 5.74) is 1.33. The third-order valence-electron chi connectivity index (χ3n) is 2.71. The van der Waals surface area contributed by atoms with Crippen LogP contribution in [0.5, 0.6) is 0 Å². The Morgan fingerprint density at radius 1 is 1.32 bits per heavy atom. The SMILES string of the molecule is CN=C(NCc1cnc(C)s1)NCc1sccc1C. The third kappa shape index (κ3) is 4.04. The largest absolute Gasteiger partial charge is 0.352 e. The van der Waals surface area contributed by atoms with Crippen LogP contribution in [-0.2, 0) is 13.1 Å². The zero-order valence-electron chi connectivity index (χ0n) is 11.4. The molecular formula is C13H18N4S2. The number of aryl methyl sites for hydroxylation is 2. The smallest absolute Gasteiger partial charge is 0.191 e. The Morgan fingerprint density at radius 2 is 2.11 bits per heavy atom. The summed E-state index contributed by atoms with van der Waals surface area (Å²) in [4.78, 5) is 11.0. The number of hydrogen-bond donors (Lipinski definition) is 2. The summed E-state index contributed by atoms with van der Waals surface area (Å²) in [6.45, 7) is 5.71. The van der Waals surface area contributed by atoms with Crippen LogP contribution >= 0.6 is 22.7 Å². The van der Waals surface area contributed by atoms with Crippen LogP contribution in [0.25, 0.3) is 0 Å². The summed E-state index contributed by atoms with van der Waals surface area (Å²) in [5, 5.41) is 9.82. The molecule has 2 N–H and O–H groups in total.